The number of anilines is 1. The minimum atomic E-state index is -1.19. The van der Waals surface area contributed by atoms with Crippen molar-refractivity contribution in [1.82, 2.24) is 0 Å². The Morgan fingerprint density at radius 1 is 1.44 bits per heavy atom. The van der Waals surface area contributed by atoms with Crippen LogP contribution in [0.2, 0.25) is 0 Å². The molecule has 94 valence electrons. The van der Waals surface area contributed by atoms with E-state index in [0.29, 0.717) is 25.9 Å². The van der Waals surface area contributed by atoms with E-state index in [-0.39, 0.29) is 0 Å². The van der Waals surface area contributed by atoms with Gasteiger partial charge in [0.25, 0.3) is 0 Å². The van der Waals surface area contributed by atoms with Gasteiger partial charge in [-0.25, -0.2) is 0 Å². The van der Waals surface area contributed by atoms with E-state index in [4.69, 9.17) is 10.4 Å². The Balaban J connectivity index is 2.12. The molecule has 1 fully saturated rings. The molecule has 1 N–H and O–H groups in total. The maximum absolute atomic E-state index is 11.2. The number of nitriles is 1. The van der Waals surface area contributed by atoms with Crippen LogP contribution in [0.5, 0.6) is 0 Å². The molecule has 1 aromatic carbocycles. The molecule has 4 heteroatoms. The topological polar surface area (TPSA) is 64.3 Å². The van der Waals surface area contributed by atoms with Crippen LogP contribution in [0.3, 0.4) is 0 Å². The number of hydrogen-bond acceptors (Lipinski definition) is 3. The summed E-state index contributed by atoms with van der Waals surface area (Å²) in [6.07, 6.45) is 0.763. The molecular weight excluding hydrogens is 228 g/mol. The fourth-order valence-corrected chi connectivity index (χ4v) is 2.34. The van der Waals surface area contributed by atoms with Crippen LogP contribution < -0.4 is 4.90 Å². The SMILES string of the molecule is Cc1cccc(N2CCC(C#N)(C(=O)O)CC2)c1. The van der Waals surface area contributed by atoms with E-state index >= 15 is 0 Å². The first kappa shape index (κ1) is 12.4. The van der Waals surface area contributed by atoms with E-state index in [1.54, 1.807) is 0 Å². The first-order valence-electron chi connectivity index (χ1n) is 6.04. The van der Waals surface area contributed by atoms with Gasteiger partial charge < -0.3 is 10.0 Å². The van der Waals surface area contributed by atoms with E-state index in [1.165, 1.54) is 5.56 Å². The fourth-order valence-electron chi connectivity index (χ4n) is 2.34. The minimum Gasteiger partial charge on any atom is -0.480 e. The van der Waals surface area contributed by atoms with Crippen molar-refractivity contribution in [2.24, 2.45) is 5.41 Å². The van der Waals surface area contributed by atoms with E-state index in [9.17, 15) is 4.79 Å². The first-order chi connectivity index (χ1) is 8.57. The monoisotopic (exact) mass is 244 g/mol. The van der Waals surface area contributed by atoms with E-state index in [2.05, 4.69) is 11.0 Å². The first-order valence-corrected chi connectivity index (χ1v) is 6.04. The van der Waals surface area contributed by atoms with Crippen molar-refractivity contribution in [3.63, 3.8) is 0 Å². The van der Waals surface area contributed by atoms with Crippen molar-refractivity contribution in [3.05, 3.63) is 29.8 Å². The number of benzene rings is 1. The van der Waals surface area contributed by atoms with E-state index < -0.39 is 11.4 Å². The molecule has 0 spiro atoms. The molecular formula is C14H16N2O2. The fraction of sp³-hybridized carbons (Fsp3) is 0.429. The quantitative estimate of drug-likeness (QED) is 0.866. The van der Waals surface area contributed by atoms with Gasteiger partial charge in [0.15, 0.2) is 5.41 Å². The largest absolute Gasteiger partial charge is 0.480 e. The molecule has 4 nitrogen and oxygen atoms in total. The van der Waals surface area contributed by atoms with Crippen molar-refractivity contribution in [2.75, 3.05) is 18.0 Å². The summed E-state index contributed by atoms with van der Waals surface area (Å²) < 4.78 is 0. The summed E-state index contributed by atoms with van der Waals surface area (Å²) in [6.45, 7) is 3.26. The average Bonchev–Trinajstić information content (AvgIpc) is 2.38. The smallest absolute Gasteiger partial charge is 0.324 e. The van der Waals surface area contributed by atoms with Crippen LogP contribution in [0.25, 0.3) is 0 Å². The maximum atomic E-state index is 11.2. The number of aliphatic carboxylic acids is 1. The lowest BCUT2D eigenvalue weighted by atomic mass is 9.80. The summed E-state index contributed by atoms with van der Waals surface area (Å²) in [4.78, 5) is 13.3. The van der Waals surface area contributed by atoms with Gasteiger partial charge in [0.1, 0.15) is 0 Å². The van der Waals surface area contributed by atoms with Gasteiger partial charge in [-0.05, 0) is 37.5 Å². The van der Waals surface area contributed by atoms with Gasteiger partial charge in [0, 0.05) is 18.8 Å². The van der Waals surface area contributed by atoms with Crippen molar-refractivity contribution < 1.29 is 9.90 Å². The second kappa shape index (κ2) is 4.69. The molecule has 0 bridgehead atoms. The number of aryl methyl sites for hydroxylation is 1. The van der Waals surface area contributed by atoms with Crippen LogP contribution in [0.4, 0.5) is 5.69 Å². The third kappa shape index (κ3) is 2.17. The Kier molecular flexibility index (Phi) is 3.24. The normalized spacial score (nSPS) is 18.1. The number of piperidine rings is 1. The molecule has 1 aliphatic rings. The third-order valence-electron chi connectivity index (χ3n) is 3.61. The molecule has 1 aromatic rings. The maximum Gasteiger partial charge on any atom is 0.324 e. The number of nitrogens with zero attached hydrogens (tertiary/aromatic N) is 2. The van der Waals surface area contributed by atoms with Gasteiger partial charge in [-0.1, -0.05) is 12.1 Å². The van der Waals surface area contributed by atoms with Crippen LogP contribution in [0.15, 0.2) is 24.3 Å². The molecule has 0 unspecified atom stereocenters. The summed E-state index contributed by atoms with van der Waals surface area (Å²) in [7, 11) is 0. The highest BCUT2D eigenvalue weighted by Gasteiger charge is 2.41. The van der Waals surface area contributed by atoms with Crippen LogP contribution in [0.1, 0.15) is 18.4 Å². The zero-order chi connectivity index (χ0) is 13.2. The van der Waals surface area contributed by atoms with Crippen molar-refractivity contribution in [1.29, 1.82) is 5.26 Å². The Morgan fingerprint density at radius 2 is 2.11 bits per heavy atom. The van der Waals surface area contributed by atoms with Crippen molar-refractivity contribution >= 4 is 11.7 Å². The predicted molar refractivity (Wildman–Crippen MR) is 68.3 cm³/mol. The number of carbonyl (C=O) groups is 1. The second-order valence-corrected chi connectivity index (χ2v) is 4.83. The summed E-state index contributed by atoms with van der Waals surface area (Å²) in [5.41, 5.74) is 1.09. The molecule has 0 atom stereocenters. The summed E-state index contributed by atoms with van der Waals surface area (Å²) in [6, 6.07) is 10.1. The van der Waals surface area contributed by atoms with Gasteiger partial charge in [-0.15, -0.1) is 0 Å². The molecule has 18 heavy (non-hydrogen) atoms. The zero-order valence-electron chi connectivity index (χ0n) is 10.4. The van der Waals surface area contributed by atoms with Gasteiger partial charge in [0.2, 0.25) is 0 Å². The third-order valence-corrected chi connectivity index (χ3v) is 3.61. The zero-order valence-corrected chi connectivity index (χ0v) is 10.4. The highest BCUT2D eigenvalue weighted by molar-refractivity contribution is 5.78. The standard InChI is InChI=1S/C14H16N2O2/c1-11-3-2-4-12(9-11)16-7-5-14(10-15,6-8-16)13(17)18/h2-4,9H,5-8H2,1H3,(H,17,18). The number of rotatable bonds is 2. The van der Waals surface area contributed by atoms with Crippen LogP contribution in [0, 0.1) is 23.7 Å². The van der Waals surface area contributed by atoms with Crippen LogP contribution in [-0.4, -0.2) is 24.2 Å². The number of carboxylic acid groups (broad SMARTS) is 1. The van der Waals surface area contributed by atoms with Gasteiger partial charge in [-0.3, -0.25) is 4.79 Å². The molecule has 0 radical (unpaired) electrons. The van der Waals surface area contributed by atoms with Crippen LogP contribution >= 0.6 is 0 Å². The van der Waals surface area contributed by atoms with Gasteiger partial charge in [0.05, 0.1) is 6.07 Å². The molecule has 0 amide bonds. The number of hydrogen-bond donors (Lipinski definition) is 1. The second-order valence-electron chi connectivity index (χ2n) is 4.83. The van der Waals surface area contributed by atoms with Crippen molar-refractivity contribution in [2.45, 2.75) is 19.8 Å². The molecule has 0 aliphatic carbocycles. The summed E-state index contributed by atoms with van der Waals surface area (Å²) >= 11 is 0. The molecule has 0 saturated carbocycles. The number of carboxylic acids is 1. The predicted octanol–water partition coefficient (Wildman–Crippen LogP) is 2.19. The van der Waals surface area contributed by atoms with Crippen LogP contribution in [-0.2, 0) is 4.79 Å². The lowest BCUT2D eigenvalue weighted by molar-refractivity contribution is -0.146. The molecule has 1 heterocycles. The lowest BCUT2D eigenvalue weighted by Crippen LogP contribution is -2.43. The molecule has 0 aromatic heterocycles. The Bertz CT molecular complexity index is 497. The molecule has 1 saturated heterocycles. The highest BCUT2D eigenvalue weighted by Crippen LogP contribution is 2.33. The van der Waals surface area contributed by atoms with E-state index in [0.717, 1.165) is 5.69 Å². The summed E-state index contributed by atoms with van der Waals surface area (Å²) in [5.74, 6) is -0.992. The Hall–Kier alpha value is -2.02. The van der Waals surface area contributed by atoms with Gasteiger partial charge >= 0.3 is 5.97 Å². The molecule has 2 rings (SSSR count). The molecule has 1 aliphatic heterocycles. The summed E-state index contributed by atoms with van der Waals surface area (Å²) in [5, 5.41) is 18.2. The Labute approximate surface area is 106 Å². The van der Waals surface area contributed by atoms with Gasteiger partial charge in [-0.2, -0.15) is 5.26 Å². The average molecular weight is 244 g/mol. The Morgan fingerprint density at radius 3 is 2.61 bits per heavy atom. The minimum absolute atomic E-state index is 0.382. The van der Waals surface area contributed by atoms with E-state index in [1.807, 2.05) is 31.2 Å². The lowest BCUT2D eigenvalue weighted by Gasteiger charge is -2.36. The highest BCUT2D eigenvalue weighted by atomic mass is 16.4. The van der Waals surface area contributed by atoms with Crippen molar-refractivity contribution in [3.8, 4) is 6.07 Å².